The zero-order valence-electron chi connectivity index (χ0n) is 11.5. The molecule has 0 bridgehead atoms. The Bertz CT molecular complexity index is 155. The summed E-state index contributed by atoms with van der Waals surface area (Å²) in [7, 11) is 0. The molecule has 0 rings (SSSR count). The summed E-state index contributed by atoms with van der Waals surface area (Å²) in [6, 6.07) is 0. The fraction of sp³-hybridized carbons (Fsp3) is 1.00. The van der Waals surface area contributed by atoms with Gasteiger partial charge in [-0.3, -0.25) is 5.32 Å². The highest BCUT2D eigenvalue weighted by Crippen LogP contribution is 2.13. The third-order valence-electron chi connectivity index (χ3n) is 3.26. The fourth-order valence-corrected chi connectivity index (χ4v) is 1.45. The molecule has 0 aliphatic carbocycles. The smallest absolute Gasteiger partial charge is 0.0602 e. The van der Waals surface area contributed by atoms with E-state index in [1.165, 1.54) is 12.8 Å². The van der Waals surface area contributed by atoms with E-state index < -0.39 is 0 Å². The van der Waals surface area contributed by atoms with E-state index in [1.54, 1.807) is 0 Å². The van der Waals surface area contributed by atoms with Crippen molar-refractivity contribution in [2.45, 2.75) is 72.5 Å². The monoisotopic (exact) mass is 214 g/mol. The molecular weight excluding hydrogens is 184 g/mol. The SMILES string of the molecule is CCCNC(NC(C)(C)CC)C(C)CC. The maximum Gasteiger partial charge on any atom is 0.0602 e. The molecule has 0 saturated carbocycles. The first-order valence-corrected chi connectivity index (χ1v) is 6.47. The second-order valence-corrected chi connectivity index (χ2v) is 5.20. The second-order valence-electron chi connectivity index (χ2n) is 5.20. The molecule has 0 aromatic rings. The Hall–Kier alpha value is -0.0800. The van der Waals surface area contributed by atoms with Crippen LogP contribution in [0.15, 0.2) is 0 Å². The van der Waals surface area contributed by atoms with Gasteiger partial charge in [-0.05, 0) is 39.2 Å². The molecule has 2 heteroatoms. The molecule has 0 aromatic carbocycles. The van der Waals surface area contributed by atoms with Crippen LogP contribution in [0.2, 0.25) is 0 Å². The van der Waals surface area contributed by atoms with Gasteiger partial charge in [0.25, 0.3) is 0 Å². The van der Waals surface area contributed by atoms with Crippen LogP contribution >= 0.6 is 0 Å². The highest BCUT2D eigenvalue weighted by molar-refractivity contribution is 4.82. The maximum absolute atomic E-state index is 3.72. The van der Waals surface area contributed by atoms with Crippen LogP contribution in [-0.2, 0) is 0 Å². The van der Waals surface area contributed by atoms with Gasteiger partial charge in [-0.25, -0.2) is 0 Å². The van der Waals surface area contributed by atoms with Crippen LogP contribution in [0.25, 0.3) is 0 Å². The van der Waals surface area contributed by atoms with E-state index in [9.17, 15) is 0 Å². The summed E-state index contributed by atoms with van der Waals surface area (Å²) in [6.45, 7) is 14.7. The zero-order valence-corrected chi connectivity index (χ0v) is 11.5. The molecular formula is C13H30N2. The predicted molar refractivity (Wildman–Crippen MR) is 69.0 cm³/mol. The lowest BCUT2D eigenvalue weighted by atomic mass is 9.97. The molecule has 0 aromatic heterocycles. The van der Waals surface area contributed by atoms with Crippen molar-refractivity contribution in [3.05, 3.63) is 0 Å². The fourth-order valence-electron chi connectivity index (χ4n) is 1.45. The standard InChI is InChI=1S/C13H30N2/c1-7-10-14-12(11(4)8-2)15-13(5,6)9-3/h11-12,14-15H,7-10H2,1-6H3. The molecule has 0 radical (unpaired) electrons. The van der Waals surface area contributed by atoms with Gasteiger partial charge in [-0.1, -0.05) is 34.1 Å². The molecule has 0 aliphatic heterocycles. The summed E-state index contributed by atoms with van der Waals surface area (Å²) in [5, 5.41) is 7.32. The number of rotatable bonds is 8. The van der Waals surface area contributed by atoms with Crippen LogP contribution in [0.1, 0.15) is 60.8 Å². The summed E-state index contributed by atoms with van der Waals surface area (Å²) >= 11 is 0. The van der Waals surface area contributed by atoms with Crippen LogP contribution in [0.4, 0.5) is 0 Å². The lowest BCUT2D eigenvalue weighted by molar-refractivity contribution is 0.231. The molecule has 15 heavy (non-hydrogen) atoms. The van der Waals surface area contributed by atoms with E-state index in [-0.39, 0.29) is 5.54 Å². The maximum atomic E-state index is 3.72. The lowest BCUT2D eigenvalue weighted by Crippen LogP contribution is -2.55. The first-order chi connectivity index (χ1) is 6.96. The number of hydrogen-bond donors (Lipinski definition) is 2. The van der Waals surface area contributed by atoms with Gasteiger partial charge in [0.05, 0.1) is 6.17 Å². The number of nitrogens with one attached hydrogen (secondary N) is 2. The average Bonchev–Trinajstić information content (AvgIpc) is 2.23. The minimum atomic E-state index is 0.231. The quantitative estimate of drug-likeness (QED) is 0.607. The summed E-state index contributed by atoms with van der Waals surface area (Å²) in [5.74, 6) is 0.683. The Labute approximate surface area is 96.2 Å². The van der Waals surface area contributed by atoms with Gasteiger partial charge in [0, 0.05) is 5.54 Å². The highest BCUT2D eigenvalue weighted by atomic mass is 15.2. The van der Waals surface area contributed by atoms with Crippen LogP contribution in [0.5, 0.6) is 0 Å². The minimum absolute atomic E-state index is 0.231. The van der Waals surface area contributed by atoms with Gasteiger partial charge in [0.2, 0.25) is 0 Å². The predicted octanol–water partition coefficient (Wildman–Crippen LogP) is 3.14. The minimum Gasteiger partial charge on any atom is -0.302 e. The van der Waals surface area contributed by atoms with Crippen LogP contribution < -0.4 is 10.6 Å². The van der Waals surface area contributed by atoms with Crippen molar-refractivity contribution in [3.8, 4) is 0 Å². The van der Waals surface area contributed by atoms with Crippen molar-refractivity contribution >= 4 is 0 Å². The van der Waals surface area contributed by atoms with Gasteiger partial charge in [-0.2, -0.15) is 0 Å². The van der Waals surface area contributed by atoms with Crippen LogP contribution in [0, 0.1) is 5.92 Å². The van der Waals surface area contributed by atoms with Crippen molar-refractivity contribution in [3.63, 3.8) is 0 Å². The summed E-state index contributed by atoms with van der Waals surface area (Å²) in [5.41, 5.74) is 0.231. The van der Waals surface area contributed by atoms with Gasteiger partial charge < -0.3 is 5.32 Å². The Morgan fingerprint density at radius 3 is 2.13 bits per heavy atom. The molecule has 0 fully saturated rings. The molecule has 2 nitrogen and oxygen atoms in total. The van der Waals surface area contributed by atoms with Gasteiger partial charge >= 0.3 is 0 Å². The van der Waals surface area contributed by atoms with Crippen LogP contribution in [-0.4, -0.2) is 18.2 Å². The Morgan fingerprint density at radius 2 is 1.73 bits per heavy atom. The van der Waals surface area contributed by atoms with Gasteiger partial charge in [0.1, 0.15) is 0 Å². The van der Waals surface area contributed by atoms with Crippen LogP contribution in [0.3, 0.4) is 0 Å². The molecule has 2 atom stereocenters. The molecule has 0 heterocycles. The Kier molecular flexibility index (Phi) is 7.20. The molecule has 0 saturated heterocycles. The molecule has 0 amide bonds. The summed E-state index contributed by atoms with van der Waals surface area (Å²) in [4.78, 5) is 0. The van der Waals surface area contributed by atoms with E-state index in [2.05, 4.69) is 52.2 Å². The van der Waals surface area contributed by atoms with E-state index in [0.29, 0.717) is 12.1 Å². The van der Waals surface area contributed by atoms with Crippen molar-refractivity contribution < 1.29 is 0 Å². The Balaban J connectivity index is 4.23. The third-order valence-corrected chi connectivity index (χ3v) is 3.26. The average molecular weight is 214 g/mol. The zero-order chi connectivity index (χ0) is 11.9. The third kappa shape index (κ3) is 6.16. The van der Waals surface area contributed by atoms with E-state index >= 15 is 0 Å². The van der Waals surface area contributed by atoms with Crippen molar-refractivity contribution in [2.24, 2.45) is 5.92 Å². The molecule has 92 valence electrons. The van der Waals surface area contributed by atoms with Crippen molar-refractivity contribution in [1.82, 2.24) is 10.6 Å². The van der Waals surface area contributed by atoms with E-state index in [4.69, 9.17) is 0 Å². The summed E-state index contributed by atoms with van der Waals surface area (Å²) in [6.07, 6.45) is 4.02. The van der Waals surface area contributed by atoms with Crippen molar-refractivity contribution in [1.29, 1.82) is 0 Å². The Morgan fingerprint density at radius 1 is 1.13 bits per heavy atom. The van der Waals surface area contributed by atoms with Gasteiger partial charge in [-0.15, -0.1) is 0 Å². The molecule has 0 spiro atoms. The second kappa shape index (κ2) is 7.24. The number of hydrogen-bond acceptors (Lipinski definition) is 2. The molecule has 2 N–H and O–H groups in total. The lowest BCUT2D eigenvalue weighted by Gasteiger charge is -2.34. The summed E-state index contributed by atoms with van der Waals surface area (Å²) < 4.78 is 0. The first kappa shape index (κ1) is 14.9. The first-order valence-electron chi connectivity index (χ1n) is 6.47. The largest absolute Gasteiger partial charge is 0.302 e. The van der Waals surface area contributed by atoms with E-state index in [0.717, 1.165) is 13.0 Å². The van der Waals surface area contributed by atoms with Crippen molar-refractivity contribution in [2.75, 3.05) is 6.54 Å². The molecule has 2 unspecified atom stereocenters. The van der Waals surface area contributed by atoms with Gasteiger partial charge in [0.15, 0.2) is 0 Å². The topological polar surface area (TPSA) is 24.1 Å². The molecule has 0 aliphatic rings. The van der Waals surface area contributed by atoms with E-state index in [1.807, 2.05) is 0 Å². The highest BCUT2D eigenvalue weighted by Gasteiger charge is 2.22. The normalized spacial score (nSPS) is 16.4.